The molecule has 0 amide bonds. The monoisotopic (exact) mass is 265 g/mol. The van der Waals surface area contributed by atoms with Gasteiger partial charge in [-0.25, -0.2) is 9.97 Å². The zero-order valence-corrected chi connectivity index (χ0v) is 11.2. The van der Waals surface area contributed by atoms with Gasteiger partial charge in [0.1, 0.15) is 0 Å². The summed E-state index contributed by atoms with van der Waals surface area (Å²) in [6, 6.07) is 1.08. The van der Waals surface area contributed by atoms with E-state index in [2.05, 4.69) is 15.3 Å². The minimum Gasteiger partial charge on any atom is -0.480 e. The fourth-order valence-corrected chi connectivity index (χ4v) is 2.31. The van der Waals surface area contributed by atoms with Crippen LogP contribution in [0.5, 0.6) is 0 Å². The Morgan fingerprint density at radius 3 is 2.74 bits per heavy atom. The van der Waals surface area contributed by atoms with Gasteiger partial charge in [-0.15, -0.1) is 0 Å². The van der Waals surface area contributed by atoms with Crippen molar-refractivity contribution in [1.29, 1.82) is 0 Å². The summed E-state index contributed by atoms with van der Waals surface area (Å²) in [6.45, 7) is 3.33. The molecule has 1 aliphatic rings. The smallest absolute Gasteiger partial charge is 0.328 e. The van der Waals surface area contributed by atoms with E-state index in [1.54, 1.807) is 7.05 Å². The van der Waals surface area contributed by atoms with Gasteiger partial charge in [-0.3, -0.25) is 4.79 Å². The predicted molar refractivity (Wildman–Crippen MR) is 69.0 cm³/mol. The summed E-state index contributed by atoms with van der Waals surface area (Å²) in [4.78, 5) is 19.8. The minimum absolute atomic E-state index is 0.330. The van der Waals surface area contributed by atoms with Crippen LogP contribution in [-0.4, -0.2) is 41.3 Å². The van der Waals surface area contributed by atoms with Crippen LogP contribution in [0.1, 0.15) is 42.0 Å². The Kier molecular flexibility index (Phi) is 4.44. The lowest BCUT2D eigenvalue weighted by molar-refractivity contribution is -0.139. The first-order valence-corrected chi connectivity index (χ1v) is 6.45. The Bertz CT molecular complexity index is 458. The van der Waals surface area contributed by atoms with Gasteiger partial charge in [0.2, 0.25) is 0 Å². The van der Waals surface area contributed by atoms with Crippen molar-refractivity contribution in [3.63, 3.8) is 0 Å². The molecule has 0 spiro atoms. The average Bonchev–Trinajstić information content (AvgIpc) is 2.39. The maximum atomic E-state index is 11.2. The fourth-order valence-electron chi connectivity index (χ4n) is 2.31. The van der Waals surface area contributed by atoms with Crippen LogP contribution in [0, 0.1) is 6.92 Å². The first kappa shape index (κ1) is 13.9. The third-order valence-electron chi connectivity index (χ3n) is 3.32. The van der Waals surface area contributed by atoms with Gasteiger partial charge < -0.3 is 15.2 Å². The molecule has 1 fully saturated rings. The van der Waals surface area contributed by atoms with Crippen molar-refractivity contribution in [2.75, 3.05) is 20.3 Å². The summed E-state index contributed by atoms with van der Waals surface area (Å²) < 4.78 is 5.34. The normalized spacial score (nSPS) is 18.2. The van der Waals surface area contributed by atoms with E-state index < -0.39 is 12.0 Å². The number of nitrogens with one attached hydrogen (secondary N) is 1. The number of carboxylic acids is 1. The molecule has 1 unspecified atom stereocenters. The van der Waals surface area contributed by atoms with Crippen molar-refractivity contribution in [2.45, 2.75) is 31.7 Å². The summed E-state index contributed by atoms with van der Waals surface area (Å²) in [5.41, 5.74) is 1.72. The summed E-state index contributed by atoms with van der Waals surface area (Å²) in [5, 5.41) is 11.9. The Balaban J connectivity index is 2.30. The molecule has 2 rings (SSSR count). The van der Waals surface area contributed by atoms with Crippen molar-refractivity contribution in [3.05, 3.63) is 23.3 Å². The number of ether oxygens (including phenoxy) is 1. The van der Waals surface area contributed by atoms with Crippen LogP contribution in [0.15, 0.2) is 6.07 Å². The molecule has 104 valence electrons. The molecule has 0 aromatic carbocycles. The molecule has 1 aromatic rings. The molecule has 1 atom stereocenters. The van der Waals surface area contributed by atoms with Crippen LogP contribution in [0.4, 0.5) is 0 Å². The number of nitrogens with zero attached hydrogens (tertiary/aromatic N) is 2. The molecule has 0 bridgehead atoms. The van der Waals surface area contributed by atoms with Crippen LogP contribution in [0.25, 0.3) is 0 Å². The lowest BCUT2D eigenvalue weighted by atomic mass is 9.95. The Morgan fingerprint density at radius 1 is 1.47 bits per heavy atom. The Morgan fingerprint density at radius 2 is 2.16 bits per heavy atom. The number of rotatable bonds is 4. The average molecular weight is 265 g/mol. The van der Waals surface area contributed by atoms with E-state index in [9.17, 15) is 4.79 Å². The highest BCUT2D eigenvalue weighted by atomic mass is 16.5. The highest BCUT2D eigenvalue weighted by molar-refractivity contribution is 5.74. The van der Waals surface area contributed by atoms with E-state index >= 15 is 0 Å². The molecular formula is C13H19N3O3. The van der Waals surface area contributed by atoms with Crippen molar-refractivity contribution < 1.29 is 14.6 Å². The second-order valence-corrected chi connectivity index (χ2v) is 4.74. The van der Waals surface area contributed by atoms with Gasteiger partial charge in [-0.1, -0.05) is 0 Å². The van der Waals surface area contributed by atoms with E-state index in [-0.39, 0.29) is 0 Å². The van der Waals surface area contributed by atoms with Crippen LogP contribution < -0.4 is 5.32 Å². The van der Waals surface area contributed by atoms with Gasteiger partial charge >= 0.3 is 5.97 Å². The summed E-state index contributed by atoms with van der Waals surface area (Å²) in [7, 11) is 1.60. The van der Waals surface area contributed by atoms with Gasteiger partial charge in [0.25, 0.3) is 0 Å². The number of aryl methyl sites for hydroxylation is 1. The summed E-state index contributed by atoms with van der Waals surface area (Å²) in [6.07, 6.45) is 1.85. The molecule has 2 N–H and O–H groups in total. The largest absolute Gasteiger partial charge is 0.480 e. The third kappa shape index (κ3) is 3.27. The molecule has 2 heterocycles. The SMILES string of the molecule is CNC(C(=O)O)c1nc(C)cc(C2CCOCC2)n1. The van der Waals surface area contributed by atoms with Gasteiger partial charge in [0, 0.05) is 30.5 Å². The zero-order valence-electron chi connectivity index (χ0n) is 11.2. The van der Waals surface area contributed by atoms with E-state index in [0.717, 1.165) is 37.4 Å². The highest BCUT2D eigenvalue weighted by Gasteiger charge is 2.24. The van der Waals surface area contributed by atoms with Gasteiger partial charge in [-0.2, -0.15) is 0 Å². The molecule has 1 saturated heterocycles. The van der Waals surface area contributed by atoms with Gasteiger partial charge in [0.05, 0.1) is 0 Å². The second kappa shape index (κ2) is 6.08. The van der Waals surface area contributed by atoms with Crippen LogP contribution in [-0.2, 0) is 9.53 Å². The topological polar surface area (TPSA) is 84.3 Å². The Labute approximate surface area is 112 Å². The van der Waals surface area contributed by atoms with Crippen molar-refractivity contribution in [1.82, 2.24) is 15.3 Å². The number of aliphatic carboxylic acids is 1. The van der Waals surface area contributed by atoms with E-state index in [1.165, 1.54) is 0 Å². The molecule has 0 radical (unpaired) electrons. The first-order chi connectivity index (χ1) is 9.11. The first-order valence-electron chi connectivity index (χ1n) is 6.45. The molecule has 1 aliphatic heterocycles. The highest BCUT2D eigenvalue weighted by Crippen LogP contribution is 2.26. The van der Waals surface area contributed by atoms with Gasteiger partial charge in [-0.05, 0) is 32.9 Å². The van der Waals surface area contributed by atoms with Crippen LogP contribution in [0.2, 0.25) is 0 Å². The molecular weight excluding hydrogens is 246 g/mol. The standard InChI is InChI=1S/C13H19N3O3/c1-8-7-10(9-3-5-19-6-4-9)16-12(15-8)11(14-2)13(17)18/h7,9,11,14H,3-6H2,1-2H3,(H,17,18). The quantitative estimate of drug-likeness (QED) is 0.845. The molecule has 0 saturated carbocycles. The zero-order chi connectivity index (χ0) is 13.8. The van der Waals surface area contributed by atoms with Crippen molar-refractivity contribution >= 4 is 5.97 Å². The molecule has 6 nitrogen and oxygen atoms in total. The number of carbonyl (C=O) groups is 1. The maximum absolute atomic E-state index is 11.2. The second-order valence-electron chi connectivity index (χ2n) is 4.74. The van der Waals surface area contributed by atoms with Crippen molar-refractivity contribution in [3.8, 4) is 0 Å². The number of aromatic nitrogens is 2. The fraction of sp³-hybridized carbons (Fsp3) is 0.615. The van der Waals surface area contributed by atoms with E-state index in [1.807, 2.05) is 13.0 Å². The lowest BCUT2D eigenvalue weighted by Crippen LogP contribution is -2.28. The molecule has 0 aliphatic carbocycles. The Hall–Kier alpha value is -1.53. The summed E-state index contributed by atoms with van der Waals surface area (Å²) in [5.74, 6) is -0.303. The minimum atomic E-state index is -0.967. The molecule has 19 heavy (non-hydrogen) atoms. The van der Waals surface area contributed by atoms with Gasteiger partial charge in [0.15, 0.2) is 11.9 Å². The van der Waals surface area contributed by atoms with Crippen LogP contribution in [0.3, 0.4) is 0 Å². The number of hydrogen-bond acceptors (Lipinski definition) is 5. The maximum Gasteiger partial charge on any atom is 0.328 e. The van der Waals surface area contributed by atoms with Crippen molar-refractivity contribution in [2.24, 2.45) is 0 Å². The van der Waals surface area contributed by atoms with Crippen LogP contribution >= 0.6 is 0 Å². The molecule has 6 heteroatoms. The molecule has 1 aromatic heterocycles. The van der Waals surface area contributed by atoms with E-state index in [0.29, 0.717) is 11.7 Å². The number of likely N-dealkylation sites (N-methyl/N-ethyl adjacent to an activating group) is 1. The van der Waals surface area contributed by atoms with E-state index in [4.69, 9.17) is 9.84 Å². The third-order valence-corrected chi connectivity index (χ3v) is 3.32. The number of carboxylic acid groups (broad SMARTS) is 1. The lowest BCUT2D eigenvalue weighted by Gasteiger charge is -2.22. The number of hydrogen-bond donors (Lipinski definition) is 2. The predicted octanol–water partition coefficient (Wildman–Crippen LogP) is 1.02. The summed E-state index contributed by atoms with van der Waals surface area (Å²) >= 11 is 0.